The van der Waals surface area contributed by atoms with Gasteiger partial charge in [-0.25, -0.2) is 0 Å². The van der Waals surface area contributed by atoms with Crippen LogP contribution in [0.3, 0.4) is 0 Å². The molecule has 1 aromatic rings. The summed E-state index contributed by atoms with van der Waals surface area (Å²) in [6, 6.07) is 7.80. The van der Waals surface area contributed by atoms with Gasteiger partial charge in [0.15, 0.2) is 0 Å². The van der Waals surface area contributed by atoms with Crippen LogP contribution in [0.15, 0.2) is 24.3 Å². The SMILES string of the molecule is Cc1ccc([AsH]=O)cc1. The molecule has 0 saturated carbocycles. The molecule has 0 aliphatic rings. The monoisotopic (exact) mass is 183 g/mol. The Balaban J connectivity index is 3.01. The van der Waals surface area contributed by atoms with Crippen molar-refractivity contribution in [3.05, 3.63) is 29.8 Å². The molecule has 1 atom stereocenters. The predicted octanol–water partition coefficient (Wildman–Crippen LogP) is 0.402. The molecule has 1 unspecified atom stereocenters. The first-order valence-electron chi connectivity index (χ1n) is 2.78. The van der Waals surface area contributed by atoms with Gasteiger partial charge in [-0.05, 0) is 0 Å². The van der Waals surface area contributed by atoms with Crippen LogP contribution >= 0.6 is 0 Å². The fourth-order valence-electron chi connectivity index (χ4n) is 0.622. The van der Waals surface area contributed by atoms with Crippen LogP contribution in [-0.4, -0.2) is 15.7 Å². The van der Waals surface area contributed by atoms with Gasteiger partial charge in [-0.1, -0.05) is 0 Å². The van der Waals surface area contributed by atoms with Gasteiger partial charge in [0.25, 0.3) is 0 Å². The van der Waals surface area contributed by atoms with Gasteiger partial charge >= 0.3 is 60.5 Å². The molecular weight excluding hydrogens is 175 g/mol. The molecule has 0 fully saturated rings. The normalized spacial score (nSPS) is 9.89. The minimum absolute atomic E-state index is 0.987. The van der Waals surface area contributed by atoms with Crippen molar-refractivity contribution < 1.29 is 3.74 Å². The van der Waals surface area contributed by atoms with Gasteiger partial charge in [0.2, 0.25) is 0 Å². The molecule has 0 aromatic heterocycles. The Bertz CT molecular complexity index is 203. The van der Waals surface area contributed by atoms with E-state index in [0.717, 1.165) is 4.35 Å². The van der Waals surface area contributed by atoms with Crippen molar-refractivity contribution in [2.45, 2.75) is 6.92 Å². The molecule has 0 aliphatic heterocycles. The van der Waals surface area contributed by atoms with E-state index in [-0.39, 0.29) is 0 Å². The van der Waals surface area contributed by atoms with E-state index >= 15 is 0 Å². The number of hydrogen-bond donors (Lipinski definition) is 0. The van der Waals surface area contributed by atoms with E-state index in [1.807, 2.05) is 31.2 Å². The fourth-order valence-corrected chi connectivity index (χ4v) is 1.26. The summed E-state index contributed by atoms with van der Waals surface area (Å²) in [4.78, 5) is 0. The van der Waals surface area contributed by atoms with Crippen molar-refractivity contribution in [2.75, 3.05) is 0 Å². The third kappa shape index (κ3) is 1.76. The molecule has 0 aliphatic carbocycles. The molecule has 0 bridgehead atoms. The molecule has 0 saturated heterocycles. The van der Waals surface area contributed by atoms with E-state index in [4.69, 9.17) is 0 Å². The third-order valence-corrected chi connectivity index (χ3v) is 2.36. The van der Waals surface area contributed by atoms with Gasteiger partial charge in [-0.3, -0.25) is 0 Å². The maximum absolute atomic E-state index is 10.4. The quantitative estimate of drug-likeness (QED) is 0.576. The van der Waals surface area contributed by atoms with Gasteiger partial charge < -0.3 is 0 Å². The molecule has 9 heavy (non-hydrogen) atoms. The van der Waals surface area contributed by atoms with Gasteiger partial charge in [0, 0.05) is 0 Å². The summed E-state index contributed by atoms with van der Waals surface area (Å²) in [6.07, 6.45) is 0. The first kappa shape index (κ1) is 6.70. The van der Waals surface area contributed by atoms with Gasteiger partial charge in [-0.15, -0.1) is 0 Å². The second kappa shape index (κ2) is 2.93. The van der Waals surface area contributed by atoms with Gasteiger partial charge in [0.1, 0.15) is 0 Å². The van der Waals surface area contributed by atoms with Crippen molar-refractivity contribution in [1.82, 2.24) is 0 Å². The standard InChI is InChI=1S/C7H8AsO/c1-6-2-4-7(8-9)5-3-6/h2-5,8H,1H3. The second-order valence-corrected chi connectivity index (χ2v) is 3.61. The number of hydrogen-bond acceptors (Lipinski definition) is 1. The molecule has 2 heteroatoms. The van der Waals surface area contributed by atoms with Crippen LogP contribution in [0.25, 0.3) is 0 Å². The Morgan fingerprint density at radius 3 is 2.22 bits per heavy atom. The Labute approximate surface area is 61.0 Å². The van der Waals surface area contributed by atoms with Crippen LogP contribution in [0, 0.1) is 6.92 Å². The Hall–Kier alpha value is -0.422. The third-order valence-electron chi connectivity index (χ3n) is 1.17. The molecule has 0 heterocycles. The zero-order chi connectivity index (χ0) is 6.69. The molecule has 0 N–H and O–H groups in total. The molecule has 1 radical (unpaired) electrons. The predicted molar refractivity (Wildman–Crippen MR) is 38.6 cm³/mol. The number of aryl methyl sites for hydroxylation is 1. The summed E-state index contributed by atoms with van der Waals surface area (Å²) in [5, 5.41) is 0. The summed E-state index contributed by atoms with van der Waals surface area (Å²) in [5.41, 5.74) is 1.22. The topological polar surface area (TPSA) is 17.1 Å². The zero-order valence-electron chi connectivity index (χ0n) is 5.22. The first-order chi connectivity index (χ1) is 4.33. The van der Waals surface area contributed by atoms with E-state index < -0.39 is 15.7 Å². The average Bonchev–Trinajstić information content (AvgIpc) is 1.90. The summed E-state index contributed by atoms with van der Waals surface area (Å²) in [7, 11) is 0. The zero-order valence-corrected chi connectivity index (χ0v) is 7.32. The van der Waals surface area contributed by atoms with Crippen molar-refractivity contribution in [2.24, 2.45) is 0 Å². The Morgan fingerprint density at radius 2 is 1.78 bits per heavy atom. The van der Waals surface area contributed by atoms with Crippen molar-refractivity contribution in [1.29, 1.82) is 0 Å². The van der Waals surface area contributed by atoms with Crippen LogP contribution in [0.1, 0.15) is 5.56 Å². The molecular formula is C7H8AsO. The van der Waals surface area contributed by atoms with E-state index in [2.05, 4.69) is 0 Å². The summed E-state index contributed by atoms with van der Waals surface area (Å²) < 4.78 is 11.4. The van der Waals surface area contributed by atoms with E-state index in [1.54, 1.807) is 0 Å². The van der Waals surface area contributed by atoms with Crippen LogP contribution in [-0.2, 0) is 3.74 Å². The fraction of sp³-hybridized carbons (Fsp3) is 0.143. The second-order valence-electron chi connectivity index (χ2n) is 1.97. The average molecular weight is 183 g/mol. The summed E-state index contributed by atoms with van der Waals surface area (Å²) in [5.74, 6) is 0. The van der Waals surface area contributed by atoms with E-state index in [0.29, 0.717) is 0 Å². The molecule has 1 rings (SSSR count). The van der Waals surface area contributed by atoms with Crippen LogP contribution in [0.5, 0.6) is 0 Å². The van der Waals surface area contributed by atoms with Crippen molar-refractivity contribution >= 4 is 20.0 Å². The van der Waals surface area contributed by atoms with Crippen molar-refractivity contribution in [3.8, 4) is 0 Å². The molecule has 47 valence electrons. The van der Waals surface area contributed by atoms with Crippen LogP contribution in [0.4, 0.5) is 0 Å². The first-order valence-corrected chi connectivity index (χ1v) is 4.68. The maximum atomic E-state index is 10.4. The molecule has 0 spiro atoms. The number of rotatable bonds is 1. The molecule has 1 nitrogen and oxygen atoms in total. The van der Waals surface area contributed by atoms with Gasteiger partial charge in [0.05, 0.1) is 0 Å². The Kier molecular flexibility index (Phi) is 2.18. The molecule has 1 aromatic carbocycles. The number of benzene rings is 1. The Morgan fingerprint density at radius 1 is 1.22 bits per heavy atom. The minimum atomic E-state index is -1.07. The van der Waals surface area contributed by atoms with Crippen LogP contribution in [0.2, 0.25) is 0 Å². The molecule has 0 amide bonds. The summed E-state index contributed by atoms with van der Waals surface area (Å²) >= 11 is -1.07. The van der Waals surface area contributed by atoms with Crippen molar-refractivity contribution in [3.63, 3.8) is 0 Å². The van der Waals surface area contributed by atoms with E-state index in [1.165, 1.54) is 5.56 Å². The van der Waals surface area contributed by atoms with E-state index in [9.17, 15) is 3.74 Å². The van der Waals surface area contributed by atoms with Crippen LogP contribution < -0.4 is 4.35 Å². The summed E-state index contributed by atoms with van der Waals surface area (Å²) in [6.45, 7) is 2.02. The van der Waals surface area contributed by atoms with Gasteiger partial charge in [-0.2, -0.15) is 0 Å².